The molecule has 1 aliphatic rings. The van der Waals surface area contributed by atoms with E-state index in [1.54, 1.807) is 0 Å². The molecule has 92 valence electrons. The van der Waals surface area contributed by atoms with Crippen LogP contribution in [-0.2, 0) is 16.0 Å². The molecule has 1 heterocycles. The van der Waals surface area contributed by atoms with Crippen molar-refractivity contribution in [2.75, 3.05) is 13.2 Å². The molecule has 3 N–H and O–H groups in total. The quantitative estimate of drug-likeness (QED) is 0.778. The van der Waals surface area contributed by atoms with Gasteiger partial charge in [0.05, 0.1) is 25.3 Å². The van der Waals surface area contributed by atoms with Crippen LogP contribution in [-0.4, -0.2) is 31.2 Å². The highest BCUT2D eigenvalue weighted by Gasteiger charge is 2.23. The Bertz CT molecular complexity index is 363. The van der Waals surface area contributed by atoms with Gasteiger partial charge in [0.2, 0.25) is 5.91 Å². The number of nitrogens with two attached hydrogens (primary N) is 1. The Morgan fingerprint density at radius 2 is 2.12 bits per heavy atom. The van der Waals surface area contributed by atoms with Gasteiger partial charge in [0, 0.05) is 0 Å². The minimum Gasteiger partial charge on any atom is -0.377 e. The highest BCUT2D eigenvalue weighted by atomic mass is 16.5. The number of carbonyl (C=O) groups is 1. The Morgan fingerprint density at radius 3 is 2.71 bits per heavy atom. The Morgan fingerprint density at radius 1 is 1.41 bits per heavy atom. The summed E-state index contributed by atoms with van der Waals surface area (Å²) in [6.45, 7) is 1.22. The van der Waals surface area contributed by atoms with Crippen LogP contribution < -0.4 is 11.1 Å². The van der Waals surface area contributed by atoms with E-state index < -0.39 is 6.04 Å². The van der Waals surface area contributed by atoms with Gasteiger partial charge in [-0.1, -0.05) is 30.3 Å². The van der Waals surface area contributed by atoms with E-state index in [0.29, 0.717) is 19.6 Å². The van der Waals surface area contributed by atoms with Crippen LogP contribution in [0.1, 0.15) is 12.0 Å². The van der Waals surface area contributed by atoms with Gasteiger partial charge in [0.1, 0.15) is 0 Å². The van der Waals surface area contributed by atoms with Gasteiger partial charge in [0.25, 0.3) is 0 Å². The summed E-state index contributed by atoms with van der Waals surface area (Å²) in [5.74, 6) is -0.0748. The van der Waals surface area contributed by atoms with E-state index in [-0.39, 0.29) is 11.9 Å². The molecule has 0 aliphatic carbocycles. The fraction of sp³-hybridized carbons (Fsp3) is 0.462. The van der Waals surface area contributed by atoms with Crippen LogP contribution in [0.3, 0.4) is 0 Å². The third-order valence-electron chi connectivity index (χ3n) is 2.91. The molecule has 0 aromatic heterocycles. The lowest BCUT2D eigenvalue weighted by Crippen LogP contribution is -2.53. The summed E-state index contributed by atoms with van der Waals surface area (Å²) in [4.78, 5) is 11.7. The van der Waals surface area contributed by atoms with Crippen LogP contribution in [0.5, 0.6) is 0 Å². The number of carbonyl (C=O) groups excluding carboxylic acids is 1. The number of amides is 1. The predicted molar refractivity (Wildman–Crippen MR) is 65.5 cm³/mol. The summed E-state index contributed by atoms with van der Waals surface area (Å²) >= 11 is 0. The van der Waals surface area contributed by atoms with Crippen LogP contribution in [0.15, 0.2) is 30.3 Å². The zero-order valence-electron chi connectivity index (χ0n) is 9.76. The maximum absolute atomic E-state index is 11.7. The molecule has 1 aliphatic heterocycles. The van der Waals surface area contributed by atoms with E-state index in [9.17, 15) is 4.79 Å². The van der Waals surface area contributed by atoms with Crippen LogP contribution in [0.2, 0.25) is 0 Å². The fourth-order valence-electron chi connectivity index (χ4n) is 1.73. The van der Waals surface area contributed by atoms with E-state index >= 15 is 0 Å². The van der Waals surface area contributed by atoms with Crippen molar-refractivity contribution in [3.05, 3.63) is 35.9 Å². The normalized spacial score (nSPS) is 17.2. The summed E-state index contributed by atoms with van der Waals surface area (Å²) in [6, 6.07) is 9.78. The SMILES string of the molecule is NC(CCc1ccccc1)C(=O)NC1COC1. The van der Waals surface area contributed by atoms with Crippen LogP contribution >= 0.6 is 0 Å². The van der Waals surface area contributed by atoms with Crippen molar-refractivity contribution >= 4 is 5.91 Å². The monoisotopic (exact) mass is 234 g/mol. The largest absolute Gasteiger partial charge is 0.377 e. The summed E-state index contributed by atoms with van der Waals surface area (Å²) in [5.41, 5.74) is 7.05. The third kappa shape index (κ3) is 3.54. The molecule has 0 saturated carbocycles. The molecule has 0 spiro atoms. The fourth-order valence-corrected chi connectivity index (χ4v) is 1.73. The second-order valence-corrected chi connectivity index (χ2v) is 4.37. The van der Waals surface area contributed by atoms with Crippen molar-refractivity contribution in [2.24, 2.45) is 5.73 Å². The number of aryl methyl sites for hydroxylation is 1. The van der Waals surface area contributed by atoms with Gasteiger partial charge < -0.3 is 15.8 Å². The molecule has 4 nitrogen and oxygen atoms in total. The lowest BCUT2D eigenvalue weighted by atomic mass is 10.0. The first-order chi connectivity index (χ1) is 8.25. The molecule has 0 radical (unpaired) electrons. The molecule has 17 heavy (non-hydrogen) atoms. The standard InChI is InChI=1S/C13H18N2O2/c14-12(13(16)15-11-8-17-9-11)7-6-10-4-2-1-3-5-10/h1-5,11-12H,6-9,14H2,(H,15,16). The lowest BCUT2D eigenvalue weighted by Gasteiger charge is -2.28. The predicted octanol–water partition coefficient (Wildman–Crippen LogP) is 0.461. The number of ether oxygens (including phenoxy) is 1. The topological polar surface area (TPSA) is 64.4 Å². The molecule has 1 aromatic rings. The average Bonchev–Trinajstić information content (AvgIpc) is 2.32. The highest BCUT2D eigenvalue weighted by molar-refractivity contribution is 5.81. The second-order valence-electron chi connectivity index (χ2n) is 4.37. The summed E-state index contributed by atoms with van der Waals surface area (Å²) in [5, 5.41) is 2.86. The molecular formula is C13H18N2O2. The minimum atomic E-state index is -0.434. The van der Waals surface area contributed by atoms with Gasteiger partial charge in [-0.15, -0.1) is 0 Å². The molecule has 1 saturated heterocycles. The summed E-state index contributed by atoms with van der Waals surface area (Å²) in [6.07, 6.45) is 1.50. The van der Waals surface area contributed by atoms with E-state index in [2.05, 4.69) is 5.32 Å². The Kier molecular flexibility index (Phi) is 4.12. The number of rotatable bonds is 5. The number of benzene rings is 1. The lowest BCUT2D eigenvalue weighted by molar-refractivity contribution is -0.126. The Labute approximate surface area is 101 Å². The molecule has 1 amide bonds. The van der Waals surface area contributed by atoms with Crippen LogP contribution in [0.25, 0.3) is 0 Å². The maximum Gasteiger partial charge on any atom is 0.237 e. The van der Waals surface area contributed by atoms with Crippen LogP contribution in [0.4, 0.5) is 0 Å². The van der Waals surface area contributed by atoms with Gasteiger partial charge in [-0.3, -0.25) is 4.79 Å². The van der Waals surface area contributed by atoms with Gasteiger partial charge in [-0.05, 0) is 18.4 Å². The Balaban J connectivity index is 1.72. The molecule has 2 rings (SSSR count). The summed E-state index contributed by atoms with van der Waals surface area (Å²) in [7, 11) is 0. The van der Waals surface area contributed by atoms with E-state index in [0.717, 1.165) is 6.42 Å². The molecule has 1 aromatic carbocycles. The van der Waals surface area contributed by atoms with E-state index in [1.165, 1.54) is 5.56 Å². The van der Waals surface area contributed by atoms with Crippen molar-refractivity contribution in [3.63, 3.8) is 0 Å². The molecule has 4 heteroatoms. The van der Waals surface area contributed by atoms with Crippen molar-refractivity contribution in [1.82, 2.24) is 5.32 Å². The highest BCUT2D eigenvalue weighted by Crippen LogP contribution is 2.05. The number of hydrogen-bond acceptors (Lipinski definition) is 3. The summed E-state index contributed by atoms with van der Waals surface area (Å²) < 4.78 is 4.99. The van der Waals surface area contributed by atoms with Gasteiger partial charge >= 0.3 is 0 Å². The van der Waals surface area contributed by atoms with Gasteiger partial charge in [0.15, 0.2) is 0 Å². The molecule has 1 fully saturated rings. The smallest absolute Gasteiger partial charge is 0.237 e. The first-order valence-corrected chi connectivity index (χ1v) is 5.93. The molecule has 1 atom stereocenters. The van der Waals surface area contributed by atoms with Crippen molar-refractivity contribution in [1.29, 1.82) is 0 Å². The first-order valence-electron chi connectivity index (χ1n) is 5.93. The zero-order chi connectivity index (χ0) is 12.1. The number of hydrogen-bond donors (Lipinski definition) is 2. The second kappa shape index (κ2) is 5.80. The van der Waals surface area contributed by atoms with Crippen molar-refractivity contribution in [3.8, 4) is 0 Å². The zero-order valence-corrected chi connectivity index (χ0v) is 9.76. The van der Waals surface area contributed by atoms with Gasteiger partial charge in [-0.2, -0.15) is 0 Å². The Hall–Kier alpha value is -1.39. The third-order valence-corrected chi connectivity index (χ3v) is 2.91. The van der Waals surface area contributed by atoms with Gasteiger partial charge in [-0.25, -0.2) is 0 Å². The molecule has 0 bridgehead atoms. The molecule has 1 unspecified atom stereocenters. The van der Waals surface area contributed by atoms with Crippen molar-refractivity contribution in [2.45, 2.75) is 24.9 Å². The van der Waals surface area contributed by atoms with E-state index in [4.69, 9.17) is 10.5 Å². The van der Waals surface area contributed by atoms with Crippen LogP contribution in [0, 0.1) is 0 Å². The maximum atomic E-state index is 11.7. The average molecular weight is 234 g/mol. The first kappa shape index (κ1) is 12.1. The minimum absolute atomic E-state index is 0.0748. The van der Waals surface area contributed by atoms with Crippen molar-refractivity contribution < 1.29 is 9.53 Å². The van der Waals surface area contributed by atoms with E-state index in [1.807, 2.05) is 30.3 Å². The molecular weight excluding hydrogens is 216 g/mol. The number of nitrogens with one attached hydrogen (secondary N) is 1.